The number of hydrogen-bond acceptors (Lipinski definition) is 5. The number of pyridine rings is 1. The molecule has 2 rings (SSSR count). The maximum absolute atomic E-state index is 11.0. The van der Waals surface area contributed by atoms with Gasteiger partial charge in [-0.1, -0.05) is 11.3 Å². The number of thiazole rings is 1. The van der Waals surface area contributed by atoms with Gasteiger partial charge in [-0.05, 0) is 25.3 Å². The summed E-state index contributed by atoms with van der Waals surface area (Å²) < 4.78 is 0. The summed E-state index contributed by atoms with van der Waals surface area (Å²) in [4.78, 5) is 21.8. The Morgan fingerprint density at radius 3 is 2.94 bits per heavy atom. The first-order valence-corrected chi connectivity index (χ1v) is 7.39. The van der Waals surface area contributed by atoms with E-state index in [4.69, 9.17) is 0 Å². The summed E-state index contributed by atoms with van der Waals surface area (Å²) in [5.74, 6) is -0.110. The number of amides is 1. The van der Waals surface area contributed by atoms with Crippen LogP contribution in [0.25, 0.3) is 10.6 Å². The molecule has 0 aromatic carbocycles. The van der Waals surface area contributed by atoms with Crippen LogP contribution in [0.15, 0.2) is 23.2 Å². The van der Waals surface area contributed by atoms with Crippen molar-refractivity contribution in [3.05, 3.63) is 24.0 Å². The SMILES string of the molecule is CSc1ccnc(-c2sc(NC(C)=O)nc2C)c1. The van der Waals surface area contributed by atoms with Crippen molar-refractivity contribution < 1.29 is 4.79 Å². The topological polar surface area (TPSA) is 54.9 Å². The molecule has 0 bridgehead atoms. The second kappa shape index (κ2) is 5.49. The molecule has 0 aliphatic carbocycles. The Hall–Kier alpha value is -1.40. The molecule has 1 N–H and O–H groups in total. The van der Waals surface area contributed by atoms with Gasteiger partial charge in [-0.3, -0.25) is 9.78 Å². The Balaban J connectivity index is 2.37. The van der Waals surface area contributed by atoms with Gasteiger partial charge in [0, 0.05) is 18.0 Å². The average molecular weight is 279 g/mol. The number of thioether (sulfide) groups is 1. The Bertz CT molecular complexity index is 580. The predicted molar refractivity (Wildman–Crippen MR) is 76.2 cm³/mol. The van der Waals surface area contributed by atoms with E-state index < -0.39 is 0 Å². The number of aryl methyl sites for hydroxylation is 1. The van der Waals surface area contributed by atoms with Crippen LogP contribution in [0, 0.1) is 6.92 Å². The largest absolute Gasteiger partial charge is 0.302 e. The lowest BCUT2D eigenvalue weighted by Crippen LogP contribution is -2.04. The number of nitrogens with one attached hydrogen (secondary N) is 1. The van der Waals surface area contributed by atoms with Crippen molar-refractivity contribution in [3.63, 3.8) is 0 Å². The Labute approximate surface area is 114 Å². The summed E-state index contributed by atoms with van der Waals surface area (Å²) in [5.41, 5.74) is 1.78. The summed E-state index contributed by atoms with van der Waals surface area (Å²) >= 11 is 3.12. The molecule has 0 fully saturated rings. The number of carbonyl (C=O) groups is 1. The molecule has 0 spiro atoms. The van der Waals surface area contributed by atoms with Gasteiger partial charge >= 0.3 is 0 Å². The molecule has 0 radical (unpaired) electrons. The van der Waals surface area contributed by atoms with Gasteiger partial charge in [-0.25, -0.2) is 4.98 Å². The van der Waals surface area contributed by atoms with Gasteiger partial charge in [0.05, 0.1) is 16.3 Å². The summed E-state index contributed by atoms with van der Waals surface area (Å²) in [6.07, 6.45) is 3.82. The Kier molecular flexibility index (Phi) is 3.98. The van der Waals surface area contributed by atoms with E-state index in [0.717, 1.165) is 21.2 Å². The summed E-state index contributed by atoms with van der Waals surface area (Å²) in [5, 5.41) is 3.32. The lowest BCUT2D eigenvalue weighted by atomic mass is 10.3. The number of hydrogen-bond donors (Lipinski definition) is 1. The number of carbonyl (C=O) groups excluding carboxylic acids is 1. The predicted octanol–water partition coefficient (Wildman–Crippen LogP) is 3.19. The molecule has 0 atom stereocenters. The van der Waals surface area contributed by atoms with Crippen LogP contribution in [0.1, 0.15) is 12.6 Å². The zero-order chi connectivity index (χ0) is 13.1. The molecule has 4 nitrogen and oxygen atoms in total. The van der Waals surface area contributed by atoms with Crippen molar-refractivity contribution in [2.24, 2.45) is 0 Å². The summed E-state index contributed by atoms with van der Waals surface area (Å²) in [6.45, 7) is 3.40. The van der Waals surface area contributed by atoms with Gasteiger partial charge < -0.3 is 5.32 Å². The fraction of sp³-hybridized carbons (Fsp3) is 0.250. The third-order valence-corrected chi connectivity index (χ3v) is 4.10. The molecule has 2 aromatic heterocycles. The van der Waals surface area contributed by atoms with E-state index in [1.54, 1.807) is 18.0 Å². The first-order chi connectivity index (χ1) is 8.60. The zero-order valence-electron chi connectivity index (χ0n) is 10.4. The standard InChI is InChI=1S/C12H13N3OS2/c1-7-11(18-12(14-7)15-8(2)16)10-6-9(17-3)4-5-13-10/h4-6H,1-3H3,(H,14,15,16). The van der Waals surface area contributed by atoms with Gasteiger partial charge in [0.15, 0.2) is 5.13 Å². The maximum atomic E-state index is 11.0. The van der Waals surface area contributed by atoms with E-state index in [-0.39, 0.29) is 5.91 Å². The molecule has 0 saturated carbocycles. The molecular weight excluding hydrogens is 266 g/mol. The van der Waals surface area contributed by atoms with Crippen LogP contribution >= 0.6 is 23.1 Å². The lowest BCUT2D eigenvalue weighted by Gasteiger charge is -2.00. The molecule has 2 aromatic rings. The van der Waals surface area contributed by atoms with Gasteiger partial charge in [0.2, 0.25) is 5.91 Å². The van der Waals surface area contributed by atoms with Crippen molar-refractivity contribution >= 4 is 34.1 Å². The number of nitrogens with zero attached hydrogens (tertiary/aromatic N) is 2. The maximum Gasteiger partial charge on any atom is 0.223 e. The molecule has 94 valence electrons. The van der Waals surface area contributed by atoms with E-state index in [1.165, 1.54) is 18.3 Å². The van der Waals surface area contributed by atoms with E-state index in [1.807, 2.05) is 25.3 Å². The van der Waals surface area contributed by atoms with E-state index in [2.05, 4.69) is 15.3 Å². The van der Waals surface area contributed by atoms with Gasteiger partial charge in [-0.2, -0.15) is 0 Å². The second-order valence-corrected chi connectivity index (χ2v) is 5.57. The molecule has 18 heavy (non-hydrogen) atoms. The van der Waals surface area contributed by atoms with Crippen molar-refractivity contribution in [2.45, 2.75) is 18.7 Å². The van der Waals surface area contributed by atoms with Crippen molar-refractivity contribution in [1.82, 2.24) is 9.97 Å². The van der Waals surface area contributed by atoms with Crippen LogP contribution in [0.2, 0.25) is 0 Å². The number of anilines is 1. The highest BCUT2D eigenvalue weighted by atomic mass is 32.2. The van der Waals surface area contributed by atoms with Crippen molar-refractivity contribution in [3.8, 4) is 10.6 Å². The molecule has 0 aliphatic rings. The van der Waals surface area contributed by atoms with Crippen LogP contribution in [0.5, 0.6) is 0 Å². The van der Waals surface area contributed by atoms with Gasteiger partial charge in [0.25, 0.3) is 0 Å². The van der Waals surface area contributed by atoms with Gasteiger partial charge in [0.1, 0.15) is 0 Å². The van der Waals surface area contributed by atoms with E-state index >= 15 is 0 Å². The minimum Gasteiger partial charge on any atom is -0.302 e. The van der Waals surface area contributed by atoms with Crippen LogP contribution < -0.4 is 5.32 Å². The van der Waals surface area contributed by atoms with Crippen LogP contribution in [0.4, 0.5) is 5.13 Å². The molecule has 0 saturated heterocycles. The fourth-order valence-electron chi connectivity index (χ4n) is 1.50. The minimum atomic E-state index is -0.110. The zero-order valence-corrected chi connectivity index (χ0v) is 12.0. The summed E-state index contributed by atoms with van der Waals surface area (Å²) in [7, 11) is 0. The van der Waals surface area contributed by atoms with Crippen LogP contribution in [-0.2, 0) is 4.79 Å². The van der Waals surface area contributed by atoms with Crippen molar-refractivity contribution in [2.75, 3.05) is 11.6 Å². The monoisotopic (exact) mass is 279 g/mol. The first kappa shape index (κ1) is 13.0. The average Bonchev–Trinajstić information content (AvgIpc) is 2.69. The van der Waals surface area contributed by atoms with Crippen molar-refractivity contribution in [1.29, 1.82) is 0 Å². The minimum absolute atomic E-state index is 0.110. The molecule has 0 unspecified atom stereocenters. The highest BCUT2D eigenvalue weighted by Gasteiger charge is 2.11. The first-order valence-electron chi connectivity index (χ1n) is 5.35. The Morgan fingerprint density at radius 1 is 1.50 bits per heavy atom. The lowest BCUT2D eigenvalue weighted by molar-refractivity contribution is -0.114. The summed E-state index contributed by atoms with van der Waals surface area (Å²) in [6, 6.07) is 4.00. The molecule has 1 amide bonds. The number of aromatic nitrogens is 2. The number of rotatable bonds is 3. The quantitative estimate of drug-likeness (QED) is 0.877. The third kappa shape index (κ3) is 2.88. The van der Waals surface area contributed by atoms with Crippen LogP contribution in [-0.4, -0.2) is 22.1 Å². The van der Waals surface area contributed by atoms with Crippen LogP contribution in [0.3, 0.4) is 0 Å². The highest BCUT2D eigenvalue weighted by molar-refractivity contribution is 7.98. The highest BCUT2D eigenvalue weighted by Crippen LogP contribution is 2.32. The van der Waals surface area contributed by atoms with E-state index in [9.17, 15) is 4.79 Å². The van der Waals surface area contributed by atoms with Gasteiger partial charge in [-0.15, -0.1) is 11.8 Å². The molecule has 6 heteroatoms. The second-order valence-electron chi connectivity index (χ2n) is 3.70. The molecule has 2 heterocycles. The Morgan fingerprint density at radius 2 is 2.28 bits per heavy atom. The van der Waals surface area contributed by atoms with E-state index in [0.29, 0.717) is 5.13 Å². The molecular formula is C12H13N3OS2. The fourth-order valence-corrected chi connectivity index (χ4v) is 2.91. The third-order valence-electron chi connectivity index (χ3n) is 2.28. The molecule has 0 aliphatic heterocycles. The smallest absolute Gasteiger partial charge is 0.223 e. The normalized spacial score (nSPS) is 10.4.